The Labute approximate surface area is 180 Å². The molecule has 0 aliphatic heterocycles. The minimum absolute atomic E-state index is 0. The Bertz CT molecular complexity index is 695. The molecule has 0 aliphatic rings. The molecule has 2 aromatic heterocycles. The molecule has 0 bridgehead atoms. The van der Waals surface area contributed by atoms with Crippen molar-refractivity contribution in [3.63, 3.8) is 0 Å². The molecule has 0 aromatic carbocycles. The molecule has 0 unspecified atom stereocenters. The van der Waals surface area contributed by atoms with Crippen molar-refractivity contribution in [1.82, 2.24) is 20.0 Å². The van der Waals surface area contributed by atoms with Crippen LogP contribution in [0.25, 0.3) is 0 Å². The Hall–Kier alpha value is -0.610. The highest BCUT2D eigenvalue weighted by Gasteiger charge is 2.15. The first kappa shape index (κ1) is 22.4. The molecule has 25 heavy (non-hydrogen) atoms. The number of guanidine groups is 1. The summed E-state index contributed by atoms with van der Waals surface area (Å²) in [6, 6.07) is 4.25. The molecule has 2 rings (SSSR count). The van der Waals surface area contributed by atoms with Gasteiger partial charge in [-0.25, -0.2) is 0 Å². The standard InChI is InChI=1S/C17H26BrN5S.HI/c1-12(2)16-13(11-23(5)21-16)10-22(4)17(19-3)20-9-8-14-6-7-15(18)24-14;/h6-7,11-12H,8-10H2,1-5H3,(H,19,20);1H. The summed E-state index contributed by atoms with van der Waals surface area (Å²) in [5.41, 5.74) is 2.41. The van der Waals surface area contributed by atoms with Gasteiger partial charge in [-0.15, -0.1) is 35.3 Å². The van der Waals surface area contributed by atoms with Gasteiger partial charge in [0, 0.05) is 50.9 Å². The first-order valence-electron chi connectivity index (χ1n) is 8.09. The maximum Gasteiger partial charge on any atom is 0.193 e. The zero-order valence-electron chi connectivity index (χ0n) is 15.4. The van der Waals surface area contributed by atoms with Crippen LogP contribution >= 0.6 is 51.2 Å². The topological polar surface area (TPSA) is 45.5 Å². The largest absolute Gasteiger partial charge is 0.356 e. The first-order valence-corrected chi connectivity index (χ1v) is 9.70. The van der Waals surface area contributed by atoms with Crippen molar-refractivity contribution in [2.75, 3.05) is 20.6 Å². The zero-order chi connectivity index (χ0) is 17.7. The summed E-state index contributed by atoms with van der Waals surface area (Å²) in [5.74, 6) is 1.33. The number of aromatic nitrogens is 2. The zero-order valence-corrected chi connectivity index (χ0v) is 20.1. The van der Waals surface area contributed by atoms with E-state index in [1.54, 1.807) is 11.3 Å². The molecule has 1 N–H and O–H groups in total. The monoisotopic (exact) mass is 539 g/mol. The van der Waals surface area contributed by atoms with E-state index >= 15 is 0 Å². The number of nitrogens with zero attached hydrogens (tertiary/aromatic N) is 4. The number of hydrogen-bond acceptors (Lipinski definition) is 3. The predicted molar refractivity (Wildman–Crippen MR) is 121 cm³/mol. The predicted octanol–water partition coefficient (Wildman–Crippen LogP) is 4.24. The van der Waals surface area contributed by atoms with E-state index in [-0.39, 0.29) is 24.0 Å². The summed E-state index contributed by atoms with van der Waals surface area (Å²) < 4.78 is 3.07. The second kappa shape index (κ2) is 10.5. The maximum atomic E-state index is 4.58. The van der Waals surface area contributed by atoms with E-state index < -0.39 is 0 Å². The van der Waals surface area contributed by atoms with Crippen LogP contribution in [0.1, 0.15) is 35.9 Å². The van der Waals surface area contributed by atoms with Gasteiger partial charge in [0.05, 0.1) is 9.48 Å². The molecule has 0 fully saturated rings. The molecule has 0 atom stereocenters. The number of thiophene rings is 1. The van der Waals surface area contributed by atoms with Crippen molar-refractivity contribution < 1.29 is 0 Å². The molecule has 0 saturated carbocycles. The summed E-state index contributed by atoms with van der Waals surface area (Å²) in [7, 11) is 5.86. The van der Waals surface area contributed by atoms with Gasteiger partial charge in [-0.1, -0.05) is 13.8 Å². The van der Waals surface area contributed by atoms with Crippen LogP contribution in [0.4, 0.5) is 0 Å². The van der Waals surface area contributed by atoms with Crippen LogP contribution in [0.3, 0.4) is 0 Å². The van der Waals surface area contributed by atoms with Gasteiger partial charge in [0.2, 0.25) is 0 Å². The Kier molecular flexibility index (Phi) is 9.44. The van der Waals surface area contributed by atoms with E-state index in [4.69, 9.17) is 0 Å². The fourth-order valence-corrected chi connectivity index (χ4v) is 4.14. The minimum atomic E-state index is 0. The third-order valence-corrected chi connectivity index (χ3v) is 5.43. The number of aliphatic imine (C=N–C) groups is 1. The van der Waals surface area contributed by atoms with Gasteiger partial charge in [-0.2, -0.15) is 5.10 Å². The summed E-state index contributed by atoms with van der Waals surface area (Å²) in [4.78, 5) is 7.91. The Morgan fingerprint density at radius 2 is 2.16 bits per heavy atom. The molecule has 0 radical (unpaired) electrons. The van der Waals surface area contributed by atoms with Gasteiger partial charge in [0.25, 0.3) is 0 Å². The van der Waals surface area contributed by atoms with Gasteiger partial charge >= 0.3 is 0 Å². The second-order valence-corrected chi connectivity index (χ2v) is 8.70. The van der Waals surface area contributed by atoms with Crippen LogP contribution in [0.2, 0.25) is 0 Å². The van der Waals surface area contributed by atoms with Crippen molar-refractivity contribution in [3.8, 4) is 0 Å². The summed E-state index contributed by atoms with van der Waals surface area (Å²) in [5, 5.41) is 8.02. The van der Waals surface area contributed by atoms with Crippen molar-refractivity contribution in [1.29, 1.82) is 0 Å². The van der Waals surface area contributed by atoms with E-state index in [1.807, 2.05) is 18.8 Å². The fourth-order valence-electron chi connectivity index (χ4n) is 2.66. The van der Waals surface area contributed by atoms with Crippen LogP contribution < -0.4 is 5.32 Å². The third kappa shape index (κ3) is 6.56. The van der Waals surface area contributed by atoms with Gasteiger partial charge in [0.15, 0.2) is 5.96 Å². The number of aryl methyl sites for hydroxylation is 1. The second-order valence-electron chi connectivity index (χ2n) is 6.15. The lowest BCUT2D eigenvalue weighted by atomic mass is 10.1. The highest BCUT2D eigenvalue weighted by Crippen LogP contribution is 2.22. The van der Waals surface area contributed by atoms with Gasteiger partial charge in [-0.3, -0.25) is 9.67 Å². The van der Waals surface area contributed by atoms with Gasteiger partial charge in [-0.05, 0) is 40.4 Å². The lowest BCUT2D eigenvalue weighted by molar-refractivity contribution is 0.474. The van der Waals surface area contributed by atoms with Gasteiger partial charge < -0.3 is 10.2 Å². The number of nitrogens with one attached hydrogen (secondary N) is 1. The smallest absolute Gasteiger partial charge is 0.193 e. The van der Waals surface area contributed by atoms with Gasteiger partial charge in [0.1, 0.15) is 0 Å². The van der Waals surface area contributed by atoms with Crippen molar-refractivity contribution in [2.24, 2.45) is 12.0 Å². The average Bonchev–Trinajstić information content (AvgIpc) is 3.09. The van der Waals surface area contributed by atoms with Crippen molar-refractivity contribution >= 4 is 57.2 Å². The Morgan fingerprint density at radius 1 is 1.44 bits per heavy atom. The van der Waals surface area contributed by atoms with E-state index in [1.165, 1.54) is 14.2 Å². The third-order valence-electron chi connectivity index (χ3n) is 3.75. The van der Waals surface area contributed by atoms with Crippen LogP contribution in [0.15, 0.2) is 27.1 Å². The van der Waals surface area contributed by atoms with E-state index in [9.17, 15) is 0 Å². The molecular weight excluding hydrogens is 513 g/mol. The molecule has 0 aliphatic carbocycles. The highest BCUT2D eigenvalue weighted by atomic mass is 127. The average molecular weight is 540 g/mol. The van der Waals surface area contributed by atoms with Crippen molar-refractivity contribution in [2.45, 2.75) is 32.7 Å². The fraction of sp³-hybridized carbons (Fsp3) is 0.529. The number of hydrogen-bond donors (Lipinski definition) is 1. The lowest BCUT2D eigenvalue weighted by Crippen LogP contribution is -2.39. The molecule has 0 spiro atoms. The Balaban J connectivity index is 0.00000312. The number of rotatable bonds is 6. The molecule has 2 aromatic rings. The summed E-state index contributed by atoms with van der Waals surface area (Å²) in [6.07, 6.45) is 3.09. The highest BCUT2D eigenvalue weighted by molar-refractivity contribution is 14.0. The van der Waals surface area contributed by atoms with E-state index in [0.717, 1.165) is 31.2 Å². The van der Waals surface area contributed by atoms with E-state index in [2.05, 4.69) is 75.5 Å². The quantitative estimate of drug-likeness (QED) is 0.339. The normalized spacial score (nSPS) is 11.6. The minimum Gasteiger partial charge on any atom is -0.356 e. The molecule has 0 saturated heterocycles. The van der Waals surface area contributed by atoms with Crippen LogP contribution in [0, 0.1) is 0 Å². The first-order chi connectivity index (χ1) is 11.4. The SMILES string of the molecule is CN=C(NCCc1ccc(Br)s1)N(C)Cc1cn(C)nc1C(C)C.I. The molecule has 0 amide bonds. The van der Waals surface area contributed by atoms with Crippen LogP contribution in [0.5, 0.6) is 0 Å². The molecular formula is C17H27BrIN5S. The van der Waals surface area contributed by atoms with E-state index in [0.29, 0.717) is 5.92 Å². The molecule has 2 heterocycles. The summed E-state index contributed by atoms with van der Waals surface area (Å²) in [6.45, 7) is 6.02. The molecule has 5 nitrogen and oxygen atoms in total. The van der Waals surface area contributed by atoms with Crippen LogP contribution in [-0.4, -0.2) is 41.3 Å². The Morgan fingerprint density at radius 3 is 2.72 bits per heavy atom. The summed E-state index contributed by atoms with van der Waals surface area (Å²) >= 11 is 5.28. The van der Waals surface area contributed by atoms with Crippen LogP contribution in [-0.2, 0) is 20.0 Å². The van der Waals surface area contributed by atoms with Crippen molar-refractivity contribution in [3.05, 3.63) is 38.3 Å². The number of halogens is 2. The molecule has 8 heteroatoms. The maximum absolute atomic E-state index is 4.58. The molecule has 140 valence electrons. The lowest BCUT2D eigenvalue weighted by Gasteiger charge is -2.22.